The number of allylic oxidation sites excluding steroid dienone is 1. The van der Waals surface area contributed by atoms with Gasteiger partial charge in [0.1, 0.15) is 30.0 Å². The first-order valence-electron chi connectivity index (χ1n) is 8.84. The third-order valence-electron chi connectivity index (χ3n) is 4.44. The van der Waals surface area contributed by atoms with Gasteiger partial charge in [-0.1, -0.05) is 24.8 Å². The minimum Gasteiger partial charge on any atom is -0.489 e. The van der Waals surface area contributed by atoms with Crippen LogP contribution in [0.1, 0.15) is 29.8 Å². The number of Topliss-reactive ketones (excluding diaryl/α,β-unsaturated/α-hetero) is 1. The van der Waals surface area contributed by atoms with Crippen molar-refractivity contribution in [1.29, 1.82) is 0 Å². The average Bonchev–Trinajstić information content (AvgIpc) is 2.96. The van der Waals surface area contributed by atoms with Gasteiger partial charge in [0, 0.05) is 11.6 Å². The van der Waals surface area contributed by atoms with E-state index in [1.54, 1.807) is 24.3 Å². The quantitative estimate of drug-likeness (QED) is 0.571. The van der Waals surface area contributed by atoms with Crippen LogP contribution < -0.4 is 14.2 Å². The number of benzene rings is 2. The van der Waals surface area contributed by atoms with Crippen LogP contribution in [0.3, 0.4) is 0 Å². The maximum atomic E-state index is 12.7. The predicted octanol–water partition coefficient (Wildman–Crippen LogP) is 4.97. The lowest BCUT2D eigenvalue weighted by Crippen LogP contribution is -2.18. The van der Waals surface area contributed by atoms with Gasteiger partial charge in [0.15, 0.2) is 5.76 Å². The summed E-state index contributed by atoms with van der Waals surface area (Å²) in [5.74, 6) is 2.16. The molecule has 2 aromatic carbocycles. The van der Waals surface area contributed by atoms with Gasteiger partial charge in [0.25, 0.3) is 0 Å². The van der Waals surface area contributed by atoms with Gasteiger partial charge < -0.3 is 14.2 Å². The molecule has 0 fully saturated rings. The van der Waals surface area contributed by atoms with Gasteiger partial charge in [0.2, 0.25) is 5.78 Å². The molecule has 4 nitrogen and oxygen atoms in total. The Hall–Kier alpha value is -3.27. The molecule has 0 radical (unpaired) electrons. The summed E-state index contributed by atoms with van der Waals surface area (Å²) in [6.45, 7) is 8.09. The van der Waals surface area contributed by atoms with Gasteiger partial charge in [-0.2, -0.15) is 0 Å². The summed E-state index contributed by atoms with van der Waals surface area (Å²) in [4.78, 5) is 12.7. The fraction of sp³-hybridized carbons (Fsp3) is 0.174. The molecule has 2 aliphatic heterocycles. The second kappa shape index (κ2) is 6.80. The van der Waals surface area contributed by atoms with E-state index in [9.17, 15) is 4.79 Å². The topological polar surface area (TPSA) is 44.8 Å². The molecule has 2 aromatic rings. The summed E-state index contributed by atoms with van der Waals surface area (Å²) in [5.41, 5.74) is 3.34. The fourth-order valence-electron chi connectivity index (χ4n) is 3.04. The lowest BCUT2D eigenvalue weighted by Gasteiger charge is -2.22. The Kier molecular flexibility index (Phi) is 4.32. The summed E-state index contributed by atoms with van der Waals surface area (Å²) in [6, 6.07) is 13.1. The number of fused-ring (bicyclic) bond motifs is 2. The summed E-state index contributed by atoms with van der Waals surface area (Å²) >= 11 is 0. The molecule has 4 rings (SSSR count). The van der Waals surface area contributed by atoms with Crippen LogP contribution in [0, 0.1) is 0 Å². The van der Waals surface area contributed by atoms with Crippen molar-refractivity contribution in [3.05, 3.63) is 83.2 Å². The lowest BCUT2D eigenvalue weighted by molar-refractivity contribution is 0.101. The van der Waals surface area contributed by atoms with Crippen molar-refractivity contribution >= 4 is 11.9 Å². The molecule has 0 unspecified atom stereocenters. The number of rotatable bonds is 4. The van der Waals surface area contributed by atoms with Crippen molar-refractivity contribution in [2.24, 2.45) is 0 Å². The van der Waals surface area contributed by atoms with Crippen molar-refractivity contribution < 1.29 is 19.0 Å². The van der Waals surface area contributed by atoms with E-state index in [1.807, 2.05) is 44.2 Å². The normalized spacial score (nSPS) is 18.9. The molecule has 0 aliphatic carbocycles. The molecule has 136 valence electrons. The van der Waals surface area contributed by atoms with Crippen LogP contribution >= 0.6 is 0 Å². The number of carbonyl (C=O) groups is 1. The SMILES string of the molecule is C=C(C)COc1ccc2c(c1)O/C(=C\C1=Cc3ccccc3O[C@H]1C)C2=O. The number of hydrogen-bond donors (Lipinski definition) is 0. The minimum absolute atomic E-state index is 0.136. The first kappa shape index (κ1) is 17.2. The Morgan fingerprint density at radius 1 is 1.22 bits per heavy atom. The van der Waals surface area contributed by atoms with Gasteiger partial charge in [-0.25, -0.2) is 0 Å². The summed E-state index contributed by atoms with van der Waals surface area (Å²) in [6.07, 6.45) is 3.62. The monoisotopic (exact) mass is 360 g/mol. The summed E-state index contributed by atoms with van der Waals surface area (Å²) < 4.78 is 17.4. The van der Waals surface area contributed by atoms with Crippen molar-refractivity contribution in [3.63, 3.8) is 0 Å². The molecule has 0 saturated heterocycles. The number of para-hydroxylation sites is 1. The highest BCUT2D eigenvalue weighted by Crippen LogP contribution is 2.36. The van der Waals surface area contributed by atoms with Crippen LogP contribution in [0.2, 0.25) is 0 Å². The van der Waals surface area contributed by atoms with E-state index in [0.717, 1.165) is 22.5 Å². The first-order valence-corrected chi connectivity index (χ1v) is 8.84. The molecule has 2 aliphatic rings. The number of carbonyl (C=O) groups excluding carboxylic acids is 1. The van der Waals surface area contributed by atoms with Crippen LogP contribution in [-0.2, 0) is 0 Å². The molecule has 2 heterocycles. The van der Waals surface area contributed by atoms with Gasteiger partial charge in [-0.05, 0) is 55.3 Å². The molecular formula is C23H20O4. The average molecular weight is 360 g/mol. The second-order valence-corrected chi connectivity index (χ2v) is 6.79. The van der Waals surface area contributed by atoms with Crippen molar-refractivity contribution in [1.82, 2.24) is 0 Å². The van der Waals surface area contributed by atoms with Gasteiger partial charge in [-0.15, -0.1) is 0 Å². The molecule has 27 heavy (non-hydrogen) atoms. The highest BCUT2D eigenvalue weighted by molar-refractivity contribution is 6.12. The second-order valence-electron chi connectivity index (χ2n) is 6.79. The summed E-state index contributed by atoms with van der Waals surface area (Å²) in [7, 11) is 0. The van der Waals surface area contributed by atoms with Crippen LogP contribution in [0.25, 0.3) is 6.08 Å². The Morgan fingerprint density at radius 2 is 2.04 bits per heavy atom. The molecule has 1 atom stereocenters. The van der Waals surface area contributed by atoms with Crippen molar-refractivity contribution in [2.45, 2.75) is 20.0 Å². The lowest BCUT2D eigenvalue weighted by atomic mass is 10.0. The zero-order valence-corrected chi connectivity index (χ0v) is 15.3. The third-order valence-corrected chi connectivity index (χ3v) is 4.44. The molecule has 0 spiro atoms. The standard InChI is InChI=1S/C23H20O4/c1-14(2)13-25-18-8-9-19-21(12-18)27-22(23(19)24)11-17-10-16-6-4-5-7-20(16)26-15(17)3/h4-12,15H,1,13H2,2-3H3/b22-11-/t15-/m0/s1. The van der Waals surface area contributed by atoms with E-state index in [-0.39, 0.29) is 11.9 Å². The Labute approximate surface area is 158 Å². The van der Waals surface area contributed by atoms with Crippen LogP contribution in [0.4, 0.5) is 0 Å². The van der Waals surface area contributed by atoms with E-state index in [1.165, 1.54) is 0 Å². The zero-order chi connectivity index (χ0) is 19.0. The van der Waals surface area contributed by atoms with E-state index < -0.39 is 0 Å². The third kappa shape index (κ3) is 3.38. The van der Waals surface area contributed by atoms with Crippen molar-refractivity contribution in [3.8, 4) is 17.2 Å². The first-order chi connectivity index (χ1) is 13.0. The molecule has 0 aromatic heterocycles. The number of hydrogen-bond acceptors (Lipinski definition) is 4. The minimum atomic E-state index is -0.165. The van der Waals surface area contributed by atoms with Gasteiger partial charge in [-0.3, -0.25) is 4.79 Å². The number of ether oxygens (including phenoxy) is 3. The van der Waals surface area contributed by atoms with Crippen LogP contribution in [0.5, 0.6) is 17.2 Å². The van der Waals surface area contributed by atoms with E-state index >= 15 is 0 Å². The highest BCUT2D eigenvalue weighted by Gasteiger charge is 2.29. The van der Waals surface area contributed by atoms with Crippen LogP contribution in [-0.4, -0.2) is 18.5 Å². The van der Waals surface area contributed by atoms with E-state index in [0.29, 0.717) is 29.4 Å². The smallest absolute Gasteiger partial charge is 0.231 e. The summed E-state index contributed by atoms with van der Waals surface area (Å²) in [5, 5.41) is 0. The molecule has 0 saturated carbocycles. The Morgan fingerprint density at radius 3 is 2.85 bits per heavy atom. The zero-order valence-electron chi connectivity index (χ0n) is 15.3. The molecule has 0 bridgehead atoms. The Balaban J connectivity index is 1.61. The maximum Gasteiger partial charge on any atom is 0.231 e. The molecule has 4 heteroatoms. The van der Waals surface area contributed by atoms with Crippen molar-refractivity contribution in [2.75, 3.05) is 6.61 Å². The Bertz CT molecular complexity index is 997. The highest BCUT2D eigenvalue weighted by atomic mass is 16.5. The molecular weight excluding hydrogens is 340 g/mol. The largest absolute Gasteiger partial charge is 0.489 e. The molecule has 0 N–H and O–H groups in total. The van der Waals surface area contributed by atoms with E-state index in [4.69, 9.17) is 14.2 Å². The molecule has 0 amide bonds. The van der Waals surface area contributed by atoms with Gasteiger partial charge >= 0.3 is 0 Å². The fourth-order valence-corrected chi connectivity index (χ4v) is 3.04. The van der Waals surface area contributed by atoms with E-state index in [2.05, 4.69) is 6.58 Å². The number of ketones is 1. The predicted molar refractivity (Wildman–Crippen MR) is 104 cm³/mol. The maximum absolute atomic E-state index is 12.7. The van der Waals surface area contributed by atoms with Crippen LogP contribution in [0.15, 0.2) is 72.0 Å². The van der Waals surface area contributed by atoms with Gasteiger partial charge in [0.05, 0.1) is 5.56 Å².